The number of aliphatic imine (C=N–C) groups is 1. The number of alkyl halides is 1. The standard InChI is InChI=1S/C17H21BrFN3O/c18-15-6-4-14(5-7-15)13-22-17(20-10-2-9-19)21-11-8-16-3-1-12-23-16/h1,3-7,12H,2,8-11,13H2,(H2,20,21,22). The van der Waals surface area contributed by atoms with Gasteiger partial charge in [-0.1, -0.05) is 28.1 Å². The lowest BCUT2D eigenvalue weighted by molar-refractivity contribution is 0.470. The molecule has 2 rings (SSSR count). The molecule has 4 nitrogen and oxygen atoms in total. The molecule has 0 saturated carbocycles. The summed E-state index contributed by atoms with van der Waals surface area (Å²) in [6.07, 6.45) is 2.91. The Hall–Kier alpha value is -1.82. The van der Waals surface area contributed by atoms with Gasteiger partial charge in [-0.25, -0.2) is 4.99 Å². The first kappa shape index (κ1) is 17.5. The van der Waals surface area contributed by atoms with E-state index < -0.39 is 0 Å². The molecule has 0 radical (unpaired) electrons. The minimum Gasteiger partial charge on any atom is -0.469 e. The second kappa shape index (κ2) is 10.0. The first-order chi connectivity index (χ1) is 11.3. The van der Waals surface area contributed by atoms with Crippen LogP contribution >= 0.6 is 15.9 Å². The zero-order chi connectivity index (χ0) is 16.3. The predicted octanol–water partition coefficient (Wildman–Crippen LogP) is 3.68. The molecule has 6 heteroatoms. The summed E-state index contributed by atoms with van der Waals surface area (Å²) in [5.74, 6) is 1.61. The topological polar surface area (TPSA) is 49.6 Å². The van der Waals surface area contributed by atoms with E-state index in [0.717, 1.165) is 22.2 Å². The fraction of sp³-hybridized carbons (Fsp3) is 0.353. The SMILES string of the molecule is FCCCNC(=NCc1ccc(Br)cc1)NCCc1ccco1. The molecular weight excluding hydrogens is 361 g/mol. The Morgan fingerprint density at radius 3 is 2.61 bits per heavy atom. The van der Waals surface area contributed by atoms with Gasteiger partial charge in [-0.15, -0.1) is 0 Å². The fourth-order valence-corrected chi connectivity index (χ4v) is 2.23. The zero-order valence-corrected chi connectivity index (χ0v) is 14.5. The third kappa shape index (κ3) is 6.86. The van der Waals surface area contributed by atoms with Crippen LogP contribution in [0.3, 0.4) is 0 Å². The molecule has 124 valence electrons. The normalized spacial score (nSPS) is 11.5. The lowest BCUT2D eigenvalue weighted by Gasteiger charge is -2.11. The quantitative estimate of drug-likeness (QED) is 0.416. The fourth-order valence-electron chi connectivity index (χ4n) is 1.97. The maximum absolute atomic E-state index is 12.3. The summed E-state index contributed by atoms with van der Waals surface area (Å²) in [7, 11) is 0. The summed E-state index contributed by atoms with van der Waals surface area (Å²) < 4.78 is 18.6. The van der Waals surface area contributed by atoms with Gasteiger partial charge < -0.3 is 15.1 Å². The molecule has 0 spiro atoms. The van der Waals surface area contributed by atoms with Crippen LogP contribution in [-0.2, 0) is 13.0 Å². The van der Waals surface area contributed by atoms with Crippen molar-refractivity contribution >= 4 is 21.9 Å². The maximum Gasteiger partial charge on any atom is 0.191 e. The molecular formula is C17H21BrFN3O. The van der Waals surface area contributed by atoms with Crippen LogP contribution in [-0.4, -0.2) is 25.7 Å². The monoisotopic (exact) mass is 381 g/mol. The van der Waals surface area contributed by atoms with Gasteiger partial charge in [-0.2, -0.15) is 0 Å². The lowest BCUT2D eigenvalue weighted by Crippen LogP contribution is -2.39. The molecule has 0 atom stereocenters. The Labute approximate surface area is 144 Å². The van der Waals surface area contributed by atoms with Gasteiger partial charge in [0.25, 0.3) is 0 Å². The lowest BCUT2D eigenvalue weighted by atomic mass is 10.2. The summed E-state index contributed by atoms with van der Waals surface area (Å²) in [6.45, 7) is 1.50. The van der Waals surface area contributed by atoms with Crippen molar-refractivity contribution in [1.82, 2.24) is 10.6 Å². The van der Waals surface area contributed by atoms with Crippen molar-refractivity contribution in [3.8, 4) is 0 Å². The number of benzene rings is 1. The molecule has 23 heavy (non-hydrogen) atoms. The summed E-state index contributed by atoms with van der Waals surface area (Å²) in [4.78, 5) is 4.54. The molecule has 2 aromatic rings. The van der Waals surface area contributed by atoms with Crippen molar-refractivity contribution in [2.45, 2.75) is 19.4 Å². The molecule has 0 aliphatic rings. The summed E-state index contributed by atoms with van der Waals surface area (Å²) >= 11 is 3.42. The number of nitrogens with one attached hydrogen (secondary N) is 2. The van der Waals surface area contributed by atoms with Gasteiger partial charge in [0.2, 0.25) is 0 Å². The van der Waals surface area contributed by atoms with Crippen molar-refractivity contribution in [3.05, 3.63) is 58.5 Å². The highest BCUT2D eigenvalue weighted by atomic mass is 79.9. The van der Waals surface area contributed by atoms with E-state index in [1.165, 1.54) is 0 Å². The van der Waals surface area contributed by atoms with Crippen LogP contribution in [0.2, 0.25) is 0 Å². The average molecular weight is 382 g/mol. The van der Waals surface area contributed by atoms with E-state index >= 15 is 0 Å². The van der Waals surface area contributed by atoms with E-state index in [1.54, 1.807) is 6.26 Å². The largest absolute Gasteiger partial charge is 0.469 e. The Morgan fingerprint density at radius 2 is 1.91 bits per heavy atom. The third-order valence-corrected chi connectivity index (χ3v) is 3.71. The van der Waals surface area contributed by atoms with Crippen molar-refractivity contribution in [3.63, 3.8) is 0 Å². The highest BCUT2D eigenvalue weighted by molar-refractivity contribution is 9.10. The van der Waals surface area contributed by atoms with E-state index in [4.69, 9.17) is 4.42 Å². The number of rotatable bonds is 8. The van der Waals surface area contributed by atoms with Gasteiger partial charge >= 0.3 is 0 Å². The number of hydrogen-bond acceptors (Lipinski definition) is 2. The molecule has 0 unspecified atom stereocenters. The van der Waals surface area contributed by atoms with Gasteiger partial charge in [-0.05, 0) is 36.2 Å². The van der Waals surface area contributed by atoms with Crippen LogP contribution in [0.15, 0.2) is 56.5 Å². The highest BCUT2D eigenvalue weighted by Crippen LogP contribution is 2.11. The van der Waals surface area contributed by atoms with Crippen molar-refractivity contribution in [2.24, 2.45) is 4.99 Å². The smallest absolute Gasteiger partial charge is 0.191 e. The summed E-state index contributed by atoms with van der Waals surface area (Å²) in [5, 5.41) is 6.39. The highest BCUT2D eigenvalue weighted by Gasteiger charge is 2.01. The zero-order valence-electron chi connectivity index (χ0n) is 12.9. The van der Waals surface area contributed by atoms with Gasteiger partial charge in [0, 0.05) is 24.0 Å². The van der Waals surface area contributed by atoms with Crippen molar-refractivity contribution in [1.29, 1.82) is 0 Å². The number of halogens is 2. The van der Waals surface area contributed by atoms with Gasteiger partial charge in [-0.3, -0.25) is 4.39 Å². The van der Waals surface area contributed by atoms with Crippen LogP contribution in [0.25, 0.3) is 0 Å². The van der Waals surface area contributed by atoms with Gasteiger partial charge in [0.1, 0.15) is 5.76 Å². The molecule has 0 amide bonds. The first-order valence-corrected chi connectivity index (χ1v) is 8.42. The minimum absolute atomic E-state index is 0.334. The van der Waals surface area contributed by atoms with E-state index in [9.17, 15) is 4.39 Å². The Kier molecular flexibility index (Phi) is 7.66. The first-order valence-electron chi connectivity index (χ1n) is 7.63. The molecule has 1 heterocycles. The van der Waals surface area contributed by atoms with E-state index in [0.29, 0.717) is 32.0 Å². The Bertz CT molecular complexity index is 584. The average Bonchev–Trinajstić information content (AvgIpc) is 3.07. The number of hydrogen-bond donors (Lipinski definition) is 2. The maximum atomic E-state index is 12.3. The van der Waals surface area contributed by atoms with Crippen molar-refractivity contribution < 1.29 is 8.81 Å². The molecule has 0 bridgehead atoms. The van der Waals surface area contributed by atoms with Crippen LogP contribution in [0.1, 0.15) is 17.7 Å². The molecule has 1 aromatic heterocycles. The molecule has 0 aliphatic heterocycles. The van der Waals surface area contributed by atoms with Crippen LogP contribution < -0.4 is 10.6 Å². The second-order valence-corrected chi connectivity index (χ2v) is 5.93. The number of guanidine groups is 1. The Balaban J connectivity index is 1.86. The van der Waals surface area contributed by atoms with Crippen LogP contribution in [0, 0.1) is 0 Å². The molecule has 0 fully saturated rings. The third-order valence-electron chi connectivity index (χ3n) is 3.18. The minimum atomic E-state index is -0.334. The number of furan rings is 1. The Morgan fingerprint density at radius 1 is 1.13 bits per heavy atom. The van der Waals surface area contributed by atoms with Gasteiger partial charge in [0.15, 0.2) is 5.96 Å². The summed E-state index contributed by atoms with van der Waals surface area (Å²) in [5.41, 5.74) is 1.12. The van der Waals surface area contributed by atoms with E-state index in [-0.39, 0.29) is 6.67 Å². The van der Waals surface area contributed by atoms with Crippen LogP contribution in [0.4, 0.5) is 4.39 Å². The molecule has 1 aromatic carbocycles. The summed E-state index contributed by atoms with van der Waals surface area (Å²) in [6, 6.07) is 11.8. The molecule has 0 aliphatic carbocycles. The number of nitrogens with zero attached hydrogens (tertiary/aromatic N) is 1. The van der Waals surface area contributed by atoms with Crippen LogP contribution in [0.5, 0.6) is 0 Å². The predicted molar refractivity (Wildman–Crippen MR) is 94.3 cm³/mol. The molecule has 2 N–H and O–H groups in total. The second-order valence-electron chi connectivity index (χ2n) is 5.02. The van der Waals surface area contributed by atoms with Gasteiger partial charge in [0.05, 0.1) is 19.5 Å². The van der Waals surface area contributed by atoms with Crippen molar-refractivity contribution in [2.75, 3.05) is 19.8 Å². The van der Waals surface area contributed by atoms with E-state index in [2.05, 4.69) is 31.6 Å². The van der Waals surface area contributed by atoms with E-state index in [1.807, 2.05) is 36.4 Å². The molecule has 0 saturated heterocycles.